The third-order valence-corrected chi connectivity index (χ3v) is 1.33. The standard InChI is InChI=1S/C4H5BrN2O.ClH/c1-8-4-3(5)2-6-7-4;/h2H,1H3,(H,6,7);1H. The maximum Gasteiger partial charge on any atom is 0.223 e. The summed E-state index contributed by atoms with van der Waals surface area (Å²) in [6.45, 7) is 0. The van der Waals surface area contributed by atoms with Crippen molar-refractivity contribution in [3.63, 3.8) is 0 Å². The predicted octanol–water partition coefficient (Wildman–Crippen LogP) is 1.60. The van der Waals surface area contributed by atoms with E-state index in [1.54, 1.807) is 13.3 Å². The highest BCUT2D eigenvalue weighted by molar-refractivity contribution is 9.10. The maximum atomic E-state index is 4.82. The van der Waals surface area contributed by atoms with Crippen molar-refractivity contribution in [3.05, 3.63) is 10.7 Å². The van der Waals surface area contributed by atoms with Crippen LogP contribution in [0.3, 0.4) is 0 Å². The molecule has 0 saturated carbocycles. The maximum absolute atomic E-state index is 4.82. The number of nitrogens with zero attached hydrogens (tertiary/aromatic N) is 1. The minimum atomic E-state index is 0. The van der Waals surface area contributed by atoms with Gasteiger partial charge in [0.1, 0.15) is 0 Å². The van der Waals surface area contributed by atoms with Crippen molar-refractivity contribution in [2.75, 3.05) is 7.11 Å². The smallest absolute Gasteiger partial charge is 0.223 e. The molecular weight excluding hydrogens is 207 g/mol. The fourth-order valence-electron chi connectivity index (χ4n) is 0.403. The van der Waals surface area contributed by atoms with Gasteiger partial charge in [0, 0.05) is 0 Å². The van der Waals surface area contributed by atoms with Gasteiger partial charge in [-0.2, -0.15) is 5.10 Å². The van der Waals surface area contributed by atoms with Gasteiger partial charge in [0.25, 0.3) is 0 Å². The van der Waals surface area contributed by atoms with Crippen LogP contribution in [0.1, 0.15) is 0 Å². The van der Waals surface area contributed by atoms with Crippen molar-refractivity contribution < 1.29 is 4.74 Å². The second kappa shape index (κ2) is 3.74. The average Bonchev–Trinajstić information content (AvgIpc) is 2.14. The van der Waals surface area contributed by atoms with E-state index < -0.39 is 0 Å². The number of nitrogens with one attached hydrogen (secondary N) is 1. The first-order chi connectivity index (χ1) is 3.84. The second-order valence-electron chi connectivity index (χ2n) is 1.25. The van der Waals surface area contributed by atoms with Gasteiger partial charge in [0.2, 0.25) is 5.88 Å². The van der Waals surface area contributed by atoms with Crippen LogP contribution in [0.25, 0.3) is 0 Å². The van der Waals surface area contributed by atoms with Gasteiger partial charge in [-0.15, -0.1) is 12.4 Å². The number of rotatable bonds is 1. The summed E-state index contributed by atoms with van der Waals surface area (Å²) in [5.41, 5.74) is 0. The van der Waals surface area contributed by atoms with E-state index in [4.69, 9.17) is 4.74 Å². The lowest BCUT2D eigenvalue weighted by atomic mass is 10.7. The lowest BCUT2D eigenvalue weighted by Crippen LogP contribution is -1.81. The summed E-state index contributed by atoms with van der Waals surface area (Å²) in [5.74, 6) is 0.657. The highest BCUT2D eigenvalue weighted by Crippen LogP contribution is 2.18. The molecule has 0 unspecified atom stereocenters. The number of hydrogen-bond acceptors (Lipinski definition) is 2. The summed E-state index contributed by atoms with van der Waals surface area (Å²) < 4.78 is 5.67. The molecule has 0 bridgehead atoms. The Bertz CT molecular complexity index is 179. The minimum Gasteiger partial charge on any atom is -0.480 e. The number of halogens is 2. The van der Waals surface area contributed by atoms with Crippen molar-refractivity contribution >= 4 is 28.3 Å². The van der Waals surface area contributed by atoms with E-state index in [-0.39, 0.29) is 12.4 Å². The zero-order valence-electron chi connectivity index (χ0n) is 4.72. The van der Waals surface area contributed by atoms with Crippen LogP contribution in [0.2, 0.25) is 0 Å². The Kier molecular flexibility index (Phi) is 3.65. The Morgan fingerprint density at radius 2 is 2.44 bits per heavy atom. The molecule has 1 heterocycles. The number of methoxy groups -OCH3 is 1. The van der Waals surface area contributed by atoms with Crippen LogP contribution in [0.5, 0.6) is 5.88 Å². The van der Waals surface area contributed by atoms with Gasteiger partial charge < -0.3 is 4.74 Å². The number of aromatic amines is 1. The molecule has 0 amide bonds. The first-order valence-corrected chi connectivity index (χ1v) is 2.86. The number of ether oxygens (including phenoxy) is 1. The zero-order valence-corrected chi connectivity index (χ0v) is 7.12. The summed E-state index contributed by atoms with van der Waals surface area (Å²) in [5, 5.41) is 6.33. The monoisotopic (exact) mass is 212 g/mol. The molecule has 52 valence electrons. The molecule has 1 N–H and O–H groups in total. The molecule has 3 nitrogen and oxygen atoms in total. The van der Waals surface area contributed by atoms with Gasteiger partial charge >= 0.3 is 0 Å². The van der Waals surface area contributed by atoms with Crippen LogP contribution >= 0.6 is 28.3 Å². The highest BCUT2D eigenvalue weighted by Gasteiger charge is 1.96. The molecule has 1 aromatic heterocycles. The fraction of sp³-hybridized carbons (Fsp3) is 0.250. The first-order valence-electron chi connectivity index (χ1n) is 2.07. The Morgan fingerprint density at radius 3 is 2.67 bits per heavy atom. The number of H-pyrrole nitrogens is 1. The van der Waals surface area contributed by atoms with Crippen LogP contribution in [0.15, 0.2) is 10.7 Å². The Labute approximate surface area is 67.3 Å². The molecular formula is C4H6BrClN2O. The lowest BCUT2D eigenvalue weighted by Gasteiger charge is -1.90. The molecule has 1 aromatic rings. The second-order valence-corrected chi connectivity index (χ2v) is 2.11. The third kappa shape index (κ3) is 1.87. The summed E-state index contributed by atoms with van der Waals surface area (Å²) >= 11 is 3.21. The zero-order chi connectivity index (χ0) is 5.98. The summed E-state index contributed by atoms with van der Waals surface area (Å²) in [6, 6.07) is 0. The van der Waals surface area contributed by atoms with Gasteiger partial charge in [-0.25, -0.2) is 5.10 Å². The van der Waals surface area contributed by atoms with E-state index >= 15 is 0 Å². The Hall–Kier alpha value is -0.220. The van der Waals surface area contributed by atoms with Crippen LogP contribution < -0.4 is 4.74 Å². The quantitative estimate of drug-likeness (QED) is 0.769. The van der Waals surface area contributed by atoms with Crippen molar-refractivity contribution in [1.29, 1.82) is 0 Å². The predicted molar refractivity (Wildman–Crippen MR) is 40.1 cm³/mol. The van der Waals surface area contributed by atoms with E-state index in [9.17, 15) is 0 Å². The van der Waals surface area contributed by atoms with Crippen molar-refractivity contribution in [1.82, 2.24) is 10.2 Å². The van der Waals surface area contributed by atoms with Crippen LogP contribution in [0.4, 0.5) is 0 Å². The van der Waals surface area contributed by atoms with Gasteiger partial charge in [0.15, 0.2) is 0 Å². The van der Waals surface area contributed by atoms with E-state index in [0.29, 0.717) is 5.88 Å². The number of hydrogen-bond donors (Lipinski definition) is 1. The molecule has 1 rings (SSSR count). The highest BCUT2D eigenvalue weighted by atomic mass is 79.9. The molecule has 0 aromatic carbocycles. The normalized spacial score (nSPS) is 8.22. The molecule has 0 atom stereocenters. The molecule has 0 aliphatic carbocycles. The summed E-state index contributed by atoms with van der Waals surface area (Å²) in [6.07, 6.45) is 1.64. The van der Waals surface area contributed by atoms with E-state index in [1.807, 2.05) is 0 Å². The summed E-state index contributed by atoms with van der Waals surface area (Å²) in [7, 11) is 1.58. The van der Waals surface area contributed by atoms with E-state index in [0.717, 1.165) is 4.47 Å². The largest absolute Gasteiger partial charge is 0.480 e. The van der Waals surface area contributed by atoms with Gasteiger partial charge in [-0.1, -0.05) is 0 Å². The molecule has 0 radical (unpaired) electrons. The van der Waals surface area contributed by atoms with Crippen molar-refractivity contribution in [2.24, 2.45) is 0 Å². The first kappa shape index (κ1) is 8.78. The molecule has 0 aliphatic heterocycles. The van der Waals surface area contributed by atoms with E-state index in [1.165, 1.54) is 0 Å². The van der Waals surface area contributed by atoms with Crippen LogP contribution in [-0.4, -0.2) is 17.3 Å². The molecule has 0 saturated heterocycles. The van der Waals surface area contributed by atoms with Gasteiger partial charge in [0.05, 0.1) is 17.8 Å². The topological polar surface area (TPSA) is 37.9 Å². The molecule has 0 aliphatic rings. The summed E-state index contributed by atoms with van der Waals surface area (Å²) in [4.78, 5) is 0. The molecule has 9 heavy (non-hydrogen) atoms. The van der Waals surface area contributed by atoms with Gasteiger partial charge in [-0.05, 0) is 15.9 Å². The Balaban J connectivity index is 0.000000640. The van der Waals surface area contributed by atoms with Crippen molar-refractivity contribution in [3.8, 4) is 5.88 Å². The Morgan fingerprint density at radius 1 is 1.78 bits per heavy atom. The fourth-order valence-corrected chi connectivity index (χ4v) is 0.756. The van der Waals surface area contributed by atoms with Crippen LogP contribution in [-0.2, 0) is 0 Å². The number of aromatic nitrogens is 2. The average molecular weight is 213 g/mol. The SMILES string of the molecule is COc1[nH]ncc1Br.Cl. The van der Waals surface area contributed by atoms with E-state index in [2.05, 4.69) is 26.1 Å². The molecule has 5 heteroatoms. The van der Waals surface area contributed by atoms with Crippen molar-refractivity contribution in [2.45, 2.75) is 0 Å². The lowest BCUT2D eigenvalue weighted by molar-refractivity contribution is 0.394. The third-order valence-electron chi connectivity index (χ3n) is 0.765. The minimum absolute atomic E-state index is 0. The van der Waals surface area contributed by atoms with Gasteiger partial charge in [-0.3, -0.25) is 0 Å². The molecule has 0 fully saturated rings. The molecule has 0 spiro atoms. The van der Waals surface area contributed by atoms with Crippen LogP contribution in [0, 0.1) is 0 Å².